The SMILES string of the molecule is O=C(N/N=C/c1cc(Br)c(Br)o1)Nc1ccccc1. The Morgan fingerprint density at radius 1 is 1.26 bits per heavy atom. The Morgan fingerprint density at radius 3 is 2.63 bits per heavy atom. The number of benzene rings is 1. The highest BCUT2D eigenvalue weighted by Crippen LogP contribution is 2.25. The van der Waals surface area contributed by atoms with Gasteiger partial charge in [-0.2, -0.15) is 5.10 Å². The second-order valence-electron chi connectivity index (χ2n) is 3.46. The quantitative estimate of drug-likeness (QED) is 0.619. The summed E-state index contributed by atoms with van der Waals surface area (Å²) in [4.78, 5) is 11.5. The number of anilines is 1. The first kappa shape index (κ1) is 13.8. The van der Waals surface area contributed by atoms with E-state index in [1.807, 2.05) is 18.2 Å². The molecular weight excluding hydrogens is 378 g/mol. The van der Waals surface area contributed by atoms with E-state index >= 15 is 0 Å². The zero-order valence-corrected chi connectivity index (χ0v) is 12.7. The molecule has 2 rings (SSSR count). The fourth-order valence-electron chi connectivity index (χ4n) is 1.26. The summed E-state index contributed by atoms with van der Waals surface area (Å²) in [6, 6.07) is 10.4. The van der Waals surface area contributed by atoms with Gasteiger partial charge in [-0.15, -0.1) is 0 Å². The molecule has 0 aliphatic carbocycles. The molecule has 0 bridgehead atoms. The summed E-state index contributed by atoms with van der Waals surface area (Å²) >= 11 is 6.49. The number of hydrogen-bond acceptors (Lipinski definition) is 3. The molecule has 7 heteroatoms. The van der Waals surface area contributed by atoms with Crippen LogP contribution in [0.25, 0.3) is 0 Å². The van der Waals surface area contributed by atoms with Gasteiger partial charge in [-0.25, -0.2) is 10.2 Å². The summed E-state index contributed by atoms with van der Waals surface area (Å²) in [5.41, 5.74) is 3.03. The zero-order valence-electron chi connectivity index (χ0n) is 9.56. The lowest BCUT2D eigenvalue weighted by Gasteiger charge is -2.02. The lowest BCUT2D eigenvalue weighted by Crippen LogP contribution is -2.24. The molecule has 1 heterocycles. The van der Waals surface area contributed by atoms with Gasteiger partial charge in [-0.3, -0.25) is 0 Å². The van der Waals surface area contributed by atoms with E-state index in [2.05, 4.69) is 47.7 Å². The second kappa shape index (κ2) is 6.53. The number of nitrogens with one attached hydrogen (secondary N) is 2. The van der Waals surface area contributed by atoms with Crippen LogP contribution in [0, 0.1) is 0 Å². The van der Waals surface area contributed by atoms with E-state index in [0.717, 1.165) is 4.47 Å². The summed E-state index contributed by atoms with van der Waals surface area (Å²) in [5, 5.41) is 6.40. The van der Waals surface area contributed by atoms with Crippen LogP contribution in [0.2, 0.25) is 0 Å². The number of nitrogens with zero attached hydrogens (tertiary/aromatic N) is 1. The van der Waals surface area contributed by atoms with Crippen molar-refractivity contribution in [3.63, 3.8) is 0 Å². The van der Waals surface area contributed by atoms with Crippen LogP contribution in [-0.2, 0) is 0 Å². The summed E-state index contributed by atoms with van der Waals surface area (Å²) in [6.07, 6.45) is 1.40. The zero-order chi connectivity index (χ0) is 13.7. The second-order valence-corrected chi connectivity index (χ2v) is 5.04. The van der Waals surface area contributed by atoms with Gasteiger partial charge in [0.2, 0.25) is 0 Å². The topological polar surface area (TPSA) is 66.6 Å². The van der Waals surface area contributed by atoms with Crippen LogP contribution in [0.1, 0.15) is 5.76 Å². The maximum Gasteiger partial charge on any atom is 0.339 e. The van der Waals surface area contributed by atoms with Crippen LogP contribution >= 0.6 is 31.9 Å². The molecule has 5 nitrogen and oxygen atoms in total. The van der Waals surface area contributed by atoms with Gasteiger partial charge in [0.1, 0.15) is 5.76 Å². The third-order valence-electron chi connectivity index (χ3n) is 2.05. The van der Waals surface area contributed by atoms with Crippen LogP contribution in [0.3, 0.4) is 0 Å². The highest BCUT2D eigenvalue weighted by molar-refractivity contribution is 9.13. The lowest BCUT2D eigenvalue weighted by molar-refractivity contribution is 0.252. The summed E-state index contributed by atoms with van der Waals surface area (Å²) in [6.45, 7) is 0. The van der Waals surface area contributed by atoms with Gasteiger partial charge < -0.3 is 9.73 Å². The number of halogens is 2. The molecule has 0 aliphatic rings. The molecule has 0 radical (unpaired) electrons. The largest absolute Gasteiger partial charge is 0.447 e. The molecule has 2 aromatic rings. The maximum absolute atomic E-state index is 11.5. The maximum atomic E-state index is 11.5. The van der Waals surface area contributed by atoms with Crippen molar-refractivity contribution in [2.45, 2.75) is 0 Å². The number of para-hydroxylation sites is 1. The van der Waals surface area contributed by atoms with E-state index in [0.29, 0.717) is 16.1 Å². The van der Waals surface area contributed by atoms with Crippen LogP contribution in [0.4, 0.5) is 10.5 Å². The molecule has 0 atom stereocenters. The number of rotatable bonds is 3. The molecule has 2 N–H and O–H groups in total. The Morgan fingerprint density at radius 2 is 2.00 bits per heavy atom. The van der Waals surface area contributed by atoms with Crippen molar-refractivity contribution in [1.29, 1.82) is 0 Å². The standard InChI is InChI=1S/C12H9Br2N3O2/c13-10-6-9(19-11(10)14)7-15-17-12(18)16-8-4-2-1-3-5-8/h1-7H,(H2,16,17,18)/b15-7+. The number of urea groups is 1. The van der Waals surface area contributed by atoms with Gasteiger partial charge in [0.05, 0.1) is 10.7 Å². The Hall–Kier alpha value is -1.60. The van der Waals surface area contributed by atoms with E-state index in [-0.39, 0.29) is 0 Å². The fourth-order valence-corrected chi connectivity index (χ4v) is 1.87. The lowest BCUT2D eigenvalue weighted by atomic mass is 10.3. The third-order valence-corrected chi connectivity index (χ3v) is 3.76. The van der Waals surface area contributed by atoms with E-state index in [9.17, 15) is 4.79 Å². The van der Waals surface area contributed by atoms with Crippen molar-refractivity contribution in [1.82, 2.24) is 5.43 Å². The number of hydrogen-bond donors (Lipinski definition) is 2. The van der Waals surface area contributed by atoms with Gasteiger partial charge in [0.15, 0.2) is 4.67 Å². The first-order valence-electron chi connectivity index (χ1n) is 5.25. The molecule has 0 unspecified atom stereocenters. The van der Waals surface area contributed by atoms with Crippen molar-refractivity contribution in [3.05, 3.63) is 51.3 Å². The van der Waals surface area contributed by atoms with Gasteiger partial charge in [-0.1, -0.05) is 18.2 Å². The smallest absolute Gasteiger partial charge is 0.339 e. The van der Waals surface area contributed by atoms with Crippen molar-refractivity contribution >= 4 is 49.8 Å². The number of amides is 2. The van der Waals surface area contributed by atoms with Gasteiger partial charge in [-0.05, 0) is 44.0 Å². The van der Waals surface area contributed by atoms with Crippen molar-refractivity contribution in [2.75, 3.05) is 5.32 Å². The average Bonchev–Trinajstić information content (AvgIpc) is 2.70. The molecule has 0 aliphatic heterocycles. The number of furan rings is 1. The van der Waals surface area contributed by atoms with E-state index in [1.54, 1.807) is 18.2 Å². The van der Waals surface area contributed by atoms with E-state index in [4.69, 9.17) is 4.42 Å². The predicted octanol–water partition coefficient (Wildman–Crippen LogP) is 3.96. The Balaban J connectivity index is 1.87. The first-order chi connectivity index (χ1) is 9.15. The van der Waals surface area contributed by atoms with Gasteiger partial charge >= 0.3 is 6.03 Å². The highest BCUT2D eigenvalue weighted by atomic mass is 79.9. The minimum atomic E-state index is -0.424. The minimum absolute atomic E-state index is 0.424. The summed E-state index contributed by atoms with van der Waals surface area (Å²) < 4.78 is 6.62. The number of carbonyl (C=O) groups is 1. The molecule has 1 aromatic heterocycles. The molecule has 98 valence electrons. The van der Waals surface area contributed by atoms with Crippen molar-refractivity contribution < 1.29 is 9.21 Å². The van der Waals surface area contributed by atoms with E-state index < -0.39 is 6.03 Å². The molecular formula is C12H9Br2N3O2. The predicted molar refractivity (Wildman–Crippen MR) is 80.3 cm³/mol. The van der Waals surface area contributed by atoms with Gasteiger partial charge in [0.25, 0.3) is 0 Å². The Kier molecular flexibility index (Phi) is 4.75. The molecule has 0 spiro atoms. The molecule has 0 saturated heterocycles. The fraction of sp³-hybridized carbons (Fsp3) is 0. The monoisotopic (exact) mass is 385 g/mol. The van der Waals surface area contributed by atoms with Crippen LogP contribution in [0.5, 0.6) is 0 Å². The first-order valence-corrected chi connectivity index (χ1v) is 6.83. The molecule has 1 aromatic carbocycles. The Labute approximate surface area is 126 Å². The molecule has 0 saturated carbocycles. The number of hydrazone groups is 1. The van der Waals surface area contributed by atoms with Crippen LogP contribution < -0.4 is 10.7 Å². The Bertz CT molecular complexity index is 577. The molecule has 0 fully saturated rings. The summed E-state index contributed by atoms with van der Waals surface area (Å²) in [5.74, 6) is 0.513. The molecule has 2 amide bonds. The van der Waals surface area contributed by atoms with Gasteiger partial charge in [0, 0.05) is 11.8 Å². The highest BCUT2D eigenvalue weighted by Gasteiger charge is 2.03. The van der Waals surface area contributed by atoms with E-state index in [1.165, 1.54) is 6.21 Å². The summed E-state index contributed by atoms with van der Waals surface area (Å²) in [7, 11) is 0. The van der Waals surface area contributed by atoms with Crippen molar-refractivity contribution in [3.8, 4) is 0 Å². The minimum Gasteiger partial charge on any atom is -0.447 e. The number of carbonyl (C=O) groups excluding carboxylic acids is 1. The molecule has 19 heavy (non-hydrogen) atoms. The third kappa shape index (κ3) is 4.22. The van der Waals surface area contributed by atoms with Crippen LogP contribution in [0.15, 0.2) is 55.1 Å². The average molecular weight is 387 g/mol. The van der Waals surface area contributed by atoms with Crippen molar-refractivity contribution in [2.24, 2.45) is 5.10 Å². The van der Waals surface area contributed by atoms with Crippen LogP contribution in [-0.4, -0.2) is 12.2 Å². The normalized spacial score (nSPS) is 10.6.